The van der Waals surface area contributed by atoms with Gasteiger partial charge < -0.3 is 10.6 Å². The second-order valence-corrected chi connectivity index (χ2v) is 9.12. The Morgan fingerprint density at radius 3 is 2.44 bits per heavy atom. The highest BCUT2D eigenvalue weighted by Crippen LogP contribution is 2.24. The van der Waals surface area contributed by atoms with Crippen LogP contribution in [0.3, 0.4) is 0 Å². The Morgan fingerprint density at radius 2 is 1.72 bits per heavy atom. The SMILES string of the molecule is O=C(CSc1nnc(CNC(=O)c2ccc(Cl)cc2Cl)n1-c1ccc(F)cc1)Nc1ccccc1F. The van der Waals surface area contributed by atoms with Crippen molar-refractivity contribution in [1.82, 2.24) is 20.1 Å². The fourth-order valence-corrected chi connectivity index (χ4v) is 4.43. The molecule has 1 heterocycles. The molecule has 7 nitrogen and oxygen atoms in total. The number of carbonyl (C=O) groups is 2. The average molecular weight is 548 g/mol. The van der Waals surface area contributed by atoms with Crippen molar-refractivity contribution in [2.75, 3.05) is 11.1 Å². The predicted octanol–water partition coefficient (Wildman–Crippen LogP) is 5.51. The topological polar surface area (TPSA) is 88.9 Å². The molecule has 0 aliphatic rings. The quantitative estimate of drug-likeness (QED) is 0.284. The van der Waals surface area contributed by atoms with Gasteiger partial charge in [-0.3, -0.25) is 14.2 Å². The van der Waals surface area contributed by atoms with Crippen LogP contribution in [0.1, 0.15) is 16.2 Å². The van der Waals surface area contributed by atoms with Crippen molar-refractivity contribution in [2.24, 2.45) is 0 Å². The van der Waals surface area contributed by atoms with E-state index in [2.05, 4.69) is 20.8 Å². The highest BCUT2D eigenvalue weighted by atomic mass is 35.5. The first kappa shape index (κ1) is 25.6. The number of thioether (sulfide) groups is 1. The van der Waals surface area contributed by atoms with Crippen molar-refractivity contribution >= 4 is 52.5 Å². The molecule has 1 aromatic heterocycles. The minimum absolute atomic E-state index is 0.0376. The second-order valence-electron chi connectivity index (χ2n) is 7.33. The number of rotatable bonds is 8. The molecule has 0 radical (unpaired) electrons. The van der Waals surface area contributed by atoms with Crippen LogP contribution in [0.2, 0.25) is 10.0 Å². The van der Waals surface area contributed by atoms with E-state index in [9.17, 15) is 18.4 Å². The number of hydrogen-bond donors (Lipinski definition) is 2. The fraction of sp³-hybridized carbons (Fsp3) is 0.0833. The zero-order valence-corrected chi connectivity index (χ0v) is 20.7. The monoisotopic (exact) mass is 547 g/mol. The third-order valence-corrected chi connectivity index (χ3v) is 6.33. The van der Waals surface area contributed by atoms with Gasteiger partial charge in [0.15, 0.2) is 11.0 Å². The largest absolute Gasteiger partial charge is 0.345 e. The minimum Gasteiger partial charge on any atom is -0.345 e. The van der Waals surface area contributed by atoms with Gasteiger partial charge in [0, 0.05) is 10.7 Å². The van der Waals surface area contributed by atoms with E-state index in [1.54, 1.807) is 16.7 Å². The average Bonchev–Trinajstić information content (AvgIpc) is 3.26. The Morgan fingerprint density at radius 1 is 0.972 bits per heavy atom. The summed E-state index contributed by atoms with van der Waals surface area (Å²) in [5.41, 5.74) is 0.813. The maximum absolute atomic E-state index is 13.8. The Balaban J connectivity index is 1.52. The molecule has 184 valence electrons. The van der Waals surface area contributed by atoms with E-state index in [0.717, 1.165) is 11.8 Å². The molecule has 0 unspecified atom stereocenters. The van der Waals surface area contributed by atoms with Gasteiger partial charge in [-0.15, -0.1) is 10.2 Å². The van der Waals surface area contributed by atoms with Crippen molar-refractivity contribution < 1.29 is 18.4 Å². The number of nitrogens with zero attached hydrogens (tertiary/aromatic N) is 3. The molecule has 0 aliphatic heterocycles. The normalized spacial score (nSPS) is 10.8. The molecule has 0 saturated carbocycles. The van der Waals surface area contributed by atoms with Crippen molar-refractivity contribution in [1.29, 1.82) is 0 Å². The smallest absolute Gasteiger partial charge is 0.253 e. The number of aromatic nitrogens is 3. The van der Waals surface area contributed by atoms with Crippen LogP contribution < -0.4 is 10.6 Å². The lowest BCUT2D eigenvalue weighted by atomic mass is 10.2. The van der Waals surface area contributed by atoms with E-state index in [1.165, 1.54) is 54.6 Å². The van der Waals surface area contributed by atoms with Gasteiger partial charge in [0.2, 0.25) is 5.91 Å². The Kier molecular flexibility index (Phi) is 8.19. The van der Waals surface area contributed by atoms with E-state index in [4.69, 9.17) is 23.2 Å². The van der Waals surface area contributed by atoms with Crippen molar-refractivity contribution in [3.8, 4) is 5.69 Å². The fourth-order valence-electron chi connectivity index (χ4n) is 3.16. The summed E-state index contributed by atoms with van der Waals surface area (Å²) in [5.74, 6) is -1.66. The van der Waals surface area contributed by atoms with Gasteiger partial charge >= 0.3 is 0 Å². The van der Waals surface area contributed by atoms with Crippen LogP contribution in [0.4, 0.5) is 14.5 Å². The number of amides is 2. The first-order valence-electron chi connectivity index (χ1n) is 10.4. The van der Waals surface area contributed by atoms with Gasteiger partial charge in [0.05, 0.1) is 28.6 Å². The van der Waals surface area contributed by atoms with Crippen LogP contribution >= 0.6 is 35.0 Å². The maximum Gasteiger partial charge on any atom is 0.253 e. The van der Waals surface area contributed by atoms with Crippen molar-refractivity contribution in [3.63, 3.8) is 0 Å². The number of nitrogens with one attached hydrogen (secondary N) is 2. The summed E-state index contributed by atoms with van der Waals surface area (Å²) in [7, 11) is 0. The lowest BCUT2D eigenvalue weighted by Crippen LogP contribution is -2.25. The van der Waals surface area contributed by atoms with Crippen LogP contribution in [0.5, 0.6) is 0 Å². The van der Waals surface area contributed by atoms with Crippen LogP contribution in [-0.4, -0.2) is 32.3 Å². The van der Waals surface area contributed by atoms with Gasteiger partial charge in [-0.1, -0.05) is 47.1 Å². The molecule has 12 heteroatoms. The molecule has 0 saturated heterocycles. The zero-order valence-electron chi connectivity index (χ0n) is 18.3. The predicted molar refractivity (Wildman–Crippen MR) is 135 cm³/mol. The van der Waals surface area contributed by atoms with Gasteiger partial charge in [0.25, 0.3) is 5.91 Å². The lowest BCUT2D eigenvalue weighted by molar-refractivity contribution is -0.113. The summed E-state index contributed by atoms with van der Waals surface area (Å²) >= 11 is 13.0. The number of benzene rings is 3. The Bertz CT molecular complexity index is 1420. The molecule has 0 atom stereocenters. The van der Waals surface area contributed by atoms with Crippen molar-refractivity contribution in [2.45, 2.75) is 11.7 Å². The second kappa shape index (κ2) is 11.5. The van der Waals surface area contributed by atoms with E-state index in [-0.39, 0.29) is 28.6 Å². The van der Waals surface area contributed by atoms with Crippen LogP contribution in [0.15, 0.2) is 71.9 Å². The van der Waals surface area contributed by atoms with Crippen LogP contribution in [0, 0.1) is 11.6 Å². The lowest BCUT2D eigenvalue weighted by Gasteiger charge is -2.12. The number of anilines is 1. The van der Waals surface area contributed by atoms with Crippen LogP contribution in [0.25, 0.3) is 5.69 Å². The summed E-state index contributed by atoms with van der Waals surface area (Å²) in [6, 6.07) is 15.9. The molecule has 4 rings (SSSR count). The third-order valence-electron chi connectivity index (χ3n) is 4.85. The zero-order chi connectivity index (χ0) is 25.7. The summed E-state index contributed by atoms with van der Waals surface area (Å²) < 4.78 is 28.9. The number of para-hydroxylation sites is 1. The van der Waals surface area contributed by atoms with Gasteiger partial charge in [-0.25, -0.2) is 8.78 Å². The van der Waals surface area contributed by atoms with Gasteiger partial charge in [-0.2, -0.15) is 0 Å². The number of carbonyl (C=O) groups excluding carboxylic acids is 2. The molecule has 36 heavy (non-hydrogen) atoms. The summed E-state index contributed by atoms with van der Waals surface area (Å²) in [5, 5.41) is 14.4. The number of halogens is 4. The standard InChI is InChI=1S/C24H17Cl2F2N5O2S/c25-14-5-10-17(18(26)11-14)23(35)29-12-21-31-32-24(33(21)16-8-6-15(27)7-9-16)36-13-22(34)30-20-4-2-1-3-19(20)28/h1-11H,12-13H2,(H,29,35)(H,30,34). The number of hydrogen-bond acceptors (Lipinski definition) is 5. The Hall–Kier alpha value is -3.47. The summed E-state index contributed by atoms with van der Waals surface area (Å²) in [6.45, 7) is -0.0376. The third kappa shape index (κ3) is 6.20. The van der Waals surface area contributed by atoms with Gasteiger partial charge in [0.1, 0.15) is 11.6 Å². The molecule has 0 aliphatic carbocycles. The molecule has 0 spiro atoms. The van der Waals surface area contributed by atoms with E-state index in [1.807, 2.05) is 0 Å². The molecule has 2 N–H and O–H groups in total. The van der Waals surface area contributed by atoms with E-state index < -0.39 is 23.4 Å². The highest BCUT2D eigenvalue weighted by molar-refractivity contribution is 7.99. The summed E-state index contributed by atoms with van der Waals surface area (Å²) in [6.07, 6.45) is 0. The molecule has 0 fully saturated rings. The van der Waals surface area contributed by atoms with E-state index >= 15 is 0 Å². The first-order valence-corrected chi connectivity index (χ1v) is 12.2. The highest BCUT2D eigenvalue weighted by Gasteiger charge is 2.18. The molecular formula is C24H17Cl2F2N5O2S. The first-order chi connectivity index (χ1) is 17.3. The molecule has 4 aromatic rings. The van der Waals surface area contributed by atoms with Gasteiger partial charge in [-0.05, 0) is 54.6 Å². The summed E-state index contributed by atoms with van der Waals surface area (Å²) in [4.78, 5) is 25.0. The minimum atomic E-state index is -0.552. The molecule has 0 bridgehead atoms. The maximum atomic E-state index is 13.8. The molecular weight excluding hydrogens is 531 g/mol. The molecule has 3 aromatic carbocycles. The molecule has 2 amide bonds. The van der Waals surface area contributed by atoms with E-state index in [0.29, 0.717) is 21.7 Å². The van der Waals surface area contributed by atoms with Crippen LogP contribution in [-0.2, 0) is 11.3 Å². The Labute approximate surface area is 218 Å². The van der Waals surface area contributed by atoms with Crippen molar-refractivity contribution in [3.05, 3.63) is 99.8 Å².